The Kier molecular flexibility index (Phi) is 4.83. The molecule has 1 heterocycles. The van der Waals surface area contributed by atoms with Gasteiger partial charge < -0.3 is 16.0 Å². The molecule has 0 spiro atoms. The van der Waals surface area contributed by atoms with Crippen LogP contribution in [0.15, 0.2) is 53.4 Å². The Morgan fingerprint density at radius 3 is 2.83 bits per heavy atom. The summed E-state index contributed by atoms with van der Waals surface area (Å²) in [5, 5.41) is 8.47. The Morgan fingerprint density at radius 2 is 2.00 bits per heavy atom. The summed E-state index contributed by atoms with van der Waals surface area (Å²) in [7, 11) is 0. The summed E-state index contributed by atoms with van der Waals surface area (Å²) < 4.78 is 0. The molecule has 2 aromatic rings. The molecule has 1 aliphatic heterocycles. The Hall–Kier alpha value is -2.47. The van der Waals surface area contributed by atoms with Crippen molar-refractivity contribution in [3.63, 3.8) is 0 Å². The van der Waals surface area contributed by atoms with Gasteiger partial charge in [0.15, 0.2) is 0 Å². The zero-order valence-electron chi connectivity index (χ0n) is 12.5. The van der Waals surface area contributed by atoms with Crippen molar-refractivity contribution in [1.29, 1.82) is 0 Å². The minimum atomic E-state index is -0.224. The summed E-state index contributed by atoms with van der Waals surface area (Å²) in [6.07, 6.45) is 0.704. The van der Waals surface area contributed by atoms with Gasteiger partial charge in [0.25, 0.3) is 0 Å². The van der Waals surface area contributed by atoms with Crippen molar-refractivity contribution in [3.05, 3.63) is 54.1 Å². The normalized spacial score (nSPS) is 13.0. The highest BCUT2D eigenvalue weighted by Gasteiger charge is 2.15. The smallest absolute Gasteiger partial charge is 0.319 e. The predicted molar refractivity (Wildman–Crippen MR) is 93.0 cm³/mol. The fourth-order valence-electron chi connectivity index (χ4n) is 2.30. The number of hydrogen-bond acceptors (Lipinski definition) is 3. The quantitative estimate of drug-likeness (QED) is 0.808. The molecule has 6 heteroatoms. The second-order valence-corrected chi connectivity index (χ2v) is 6.18. The lowest BCUT2D eigenvalue weighted by atomic mass is 10.1. The molecule has 3 rings (SSSR count). The summed E-state index contributed by atoms with van der Waals surface area (Å²) in [6.45, 7) is 0.526. The van der Waals surface area contributed by atoms with Crippen LogP contribution in [0, 0.1) is 0 Å². The molecule has 1 aliphatic rings. The van der Waals surface area contributed by atoms with E-state index in [1.807, 2.05) is 48.5 Å². The lowest BCUT2D eigenvalue weighted by Gasteiger charge is -2.17. The molecule has 3 amide bonds. The zero-order chi connectivity index (χ0) is 16.1. The molecule has 0 atom stereocenters. The van der Waals surface area contributed by atoms with Crippen molar-refractivity contribution < 1.29 is 9.59 Å². The standard InChI is InChI=1S/C17H17N3O2S/c21-16-11-23-15-7-6-12(10-14(15)20-16)8-9-18-17(22)19-13-4-2-1-3-5-13/h1-7,10H,8-9,11H2,(H,20,21)(H2,18,19,22). The van der Waals surface area contributed by atoms with E-state index in [-0.39, 0.29) is 11.9 Å². The SMILES string of the molecule is O=C1CSc2ccc(CCNC(=O)Nc3ccccc3)cc2N1. The monoisotopic (exact) mass is 327 g/mol. The minimum absolute atomic E-state index is 0.0278. The van der Waals surface area contributed by atoms with Gasteiger partial charge in [0, 0.05) is 17.1 Å². The van der Waals surface area contributed by atoms with Crippen LogP contribution in [-0.4, -0.2) is 24.2 Å². The molecule has 2 aromatic carbocycles. The van der Waals surface area contributed by atoms with Gasteiger partial charge in [-0.25, -0.2) is 4.79 Å². The van der Waals surface area contributed by atoms with Crippen molar-refractivity contribution in [2.45, 2.75) is 11.3 Å². The molecule has 23 heavy (non-hydrogen) atoms. The molecule has 0 bridgehead atoms. The van der Waals surface area contributed by atoms with Gasteiger partial charge in [-0.2, -0.15) is 0 Å². The summed E-state index contributed by atoms with van der Waals surface area (Å²) in [6, 6.07) is 15.1. The molecule has 0 fully saturated rings. The molecule has 0 saturated heterocycles. The average Bonchev–Trinajstić information content (AvgIpc) is 2.55. The first-order chi connectivity index (χ1) is 11.2. The van der Waals surface area contributed by atoms with Crippen LogP contribution >= 0.6 is 11.8 Å². The van der Waals surface area contributed by atoms with Crippen LogP contribution in [0.4, 0.5) is 16.2 Å². The van der Waals surface area contributed by atoms with Gasteiger partial charge >= 0.3 is 6.03 Å². The number of hydrogen-bond donors (Lipinski definition) is 3. The number of fused-ring (bicyclic) bond motifs is 1. The van der Waals surface area contributed by atoms with Gasteiger partial charge in [0.05, 0.1) is 11.4 Å². The lowest BCUT2D eigenvalue weighted by Crippen LogP contribution is -2.30. The van der Waals surface area contributed by atoms with E-state index in [2.05, 4.69) is 16.0 Å². The van der Waals surface area contributed by atoms with Crippen LogP contribution in [0.5, 0.6) is 0 Å². The molecule has 0 radical (unpaired) electrons. The minimum Gasteiger partial charge on any atom is -0.338 e. The molecule has 0 aliphatic carbocycles. The van der Waals surface area contributed by atoms with Gasteiger partial charge in [-0.15, -0.1) is 11.8 Å². The van der Waals surface area contributed by atoms with Crippen LogP contribution in [0.3, 0.4) is 0 Å². The Morgan fingerprint density at radius 1 is 1.17 bits per heavy atom. The molecule has 0 aromatic heterocycles. The number of nitrogens with one attached hydrogen (secondary N) is 3. The molecule has 0 unspecified atom stereocenters. The van der Waals surface area contributed by atoms with Gasteiger partial charge in [-0.05, 0) is 36.2 Å². The maximum Gasteiger partial charge on any atom is 0.319 e. The number of benzene rings is 2. The van der Waals surface area contributed by atoms with Gasteiger partial charge in [-0.1, -0.05) is 24.3 Å². The highest BCUT2D eigenvalue weighted by Crippen LogP contribution is 2.31. The topological polar surface area (TPSA) is 70.2 Å². The number of carbonyl (C=O) groups is 2. The zero-order valence-corrected chi connectivity index (χ0v) is 13.3. The summed E-state index contributed by atoms with van der Waals surface area (Å²) in [5.41, 5.74) is 2.70. The largest absolute Gasteiger partial charge is 0.338 e. The van der Waals surface area contributed by atoms with E-state index in [0.717, 1.165) is 21.8 Å². The van der Waals surface area contributed by atoms with E-state index in [0.29, 0.717) is 18.7 Å². The maximum atomic E-state index is 11.8. The number of amides is 3. The van der Waals surface area contributed by atoms with Crippen molar-refractivity contribution in [1.82, 2.24) is 5.32 Å². The van der Waals surface area contributed by atoms with E-state index in [1.165, 1.54) is 0 Å². The summed E-state index contributed by atoms with van der Waals surface area (Å²) in [5.74, 6) is 0.494. The van der Waals surface area contributed by atoms with Crippen molar-refractivity contribution in [2.24, 2.45) is 0 Å². The molecular formula is C17H17N3O2S. The van der Waals surface area contributed by atoms with E-state index in [9.17, 15) is 9.59 Å². The first-order valence-corrected chi connectivity index (χ1v) is 8.35. The maximum absolute atomic E-state index is 11.8. The van der Waals surface area contributed by atoms with E-state index in [4.69, 9.17) is 0 Å². The Labute approximate surface area is 138 Å². The fraction of sp³-hybridized carbons (Fsp3) is 0.176. The molecule has 0 saturated carbocycles. The van der Waals surface area contributed by atoms with Crippen LogP contribution < -0.4 is 16.0 Å². The second-order valence-electron chi connectivity index (χ2n) is 5.16. The Balaban J connectivity index is 1.50. The molecule has 3 N–H and O–H groups in total. The van der Waals surface area contributed by atoms with Crippen molar-refractivity contribution in [2.75, 3.05) is 22.9 Å². The average molecular weight is 327 g/mol. The second kappa shape index (κ2) is 7.19. The highest BCUT2D eigenvalue weighted by atomic mass is 32.2. The third-order valence-electron chi connectivity index (χ3n) is 3.41. The fourth-order valence-corrected chi connectivity index (χ4v) is 3.09. The Bertz CT molecular complexity index is 719. The molecule has 118 valence electrons. The number of urea groups is 1. The molecular weight excluding hydrogens is 310 g/mol. The van der Waals surface area contributed by atoms with Crippen LogP contribution in [0.25, 0.3) is 0 Å². The van der Waals surface area contributed by atoms with E-state index in [1.54, 1.807) is 11.8 Å². The van der Waals surface area contributed by atoms with Crippen LogP contribution in [0.1, 0.15) is 5.56 Å². The third-order valence-corrected chi connectivity index (χ3v) is 4.48. The van der Waals surface area contributed by atoms with Gasteiger partial charge in [0.2, 0.25) is 5.91 Å². The van der Waals surface area contributed by atoms with Crippen LogP contribution in [-0.2, 0) is 11.2 Å². The molecule has 5 nitrogen and oxygen atoms in total. The number of carbonyl (C=O) groups excluding carboxylic acids is 2. The first-order valence-electron chi connectivity index (χ1n) is 7.36. The van der Waals surface area contributed by atoms with E-state index < -0.39 is 0 Å². The predicted octanol–water partition coefficient (Wildman–Crippen LogP) is 3.10. The van der Waals surface area contributed by atoms with Crippen LogP contribution in [0.2, 0.25) is 0 Å². The number of thioether (sulfide) groups is 1. The lowest BCUT2D eigenvalue weighted by molar-refractivity contribution is -0.113. The number of anilines is 2. The van der Waals surface area contributed by atoms with Crippen molar-refractivity contribution in [3.8, 4) is 0 Å². The van der Waals surface area contributed by atoms with Crippen molar-refractivity contribution >= 4 is 35.1 Å². The third kappa shape index (κ3) is 4.26. The van der Waals surface area contributed by atoms with E-state index >= 15 is 0 Å². The van der Waals surface area contributed by atoms with Gasteiger partial charge in [-0.3, -0.25) is 4.79 Å². The highest BCUT2D eigenvalue weighted by molar-refractivity contribution is 8.00. The van der Waals surface area contributed by atoms with Gasteiger partial charge in [0.1, 0.15) is 0 Å². The first kappa shape index (κ1) is 15.4. The summed E-state index contributed by atoms with van der Waals surface area (Å²) in [4.78, 5) is 24.3. The number of para-hydroxylation sites is 1. The number of rotatable bonds is 4. The summed E-state index contributed by atoms with van der Waals surface area (Å²) >= 11 is 1.54.